The summed E-state index contributed by atoms with van der Waals surface area (Å²) in [6, 6.07) is 15.1. The van der Waals surface area contributed by atoms with Crippen LogP contribution in [0.4, 0.5) is 0 Å². The first kappa shape index (κ1) is 21.3. The highest BCUT2D eigenvalue weighted by Gasteiger charge is 2.30. The van der Waals surface area contributed by atoms with Gasteiger partial charge in [-0.2, -0.15) is 5.26 Å². The maximum atomic E-state index is 13.1. The van der Waals surface area contributed by atoms with Gasteiger partial charge in [0.15, 0.2) is 0 Å². The summed E-state index contributed by atoms with van der Waals surface area (Å²) in [5.41, 5.74) is 3.03. The highest BCUT2D eigenvalue weighted by molar-refractivity contribution is 6.46. The van der Waals surface area contributed by atoms with E-state index in [1.54, 1.807) is 17.0 Å². The van der Waals surface area contributed by atoms with Crippen molar-refractivity contribution in [2.45, 2.75) is 0 Å². The monoisotopic (exact) mass is 424 g/mol. The fraction of sp³-hybridized carbons (Fsp3) is 0.208. The van der Waals surface area contributed by atoms with Gasteiger partial charge in [0.25, 0.3) is 11.7 Å². The first-order chi connectivity index (χ1) is 15.5. The number of Topliss-reactive ketones (excluding diaryl/α,β-unsaturated/α-hetero) is 1. The molecule has 0 bridgehead atoms. The van der Waals surface area contributed by atoms with E-state index in [1.807, 2.05) is 30.3 Å². The molecule has 3 aromatic rings. The van der Waals surface area contributed by atoms with Crippen LogP contribution < -0.4 is 10.2 Å². The van der Waals surface area contributed by atoms with Crippen molar-refractivity contribution in [2.75, 3.05) is 33.3 Å². The summed E-state index contributed by atoms with van der Waals surface area (Å²) in [6.07, 6.45) is 3.02. The number of hydrogen-bond donors (Lipinski definition) is 1. The van der Waals surface area contributed by atoms with Gasteiger partial charge >= 0.3 is 0 Å². The number of H-pyrrole nitrogens is 1. The third kappa shape index (κ3) is 3.85. The molecule has 2 heterocycles. The highest BCUT2D eigenvalue weighted by atomic mass is 16.5. The second-order valence-corrected chi connectivity index (χ2v) is 7.44. The zero-order chi connectivity index (χ0) is 22.7. The number of piperazine rings is 1. The maximum absolute atomic E-state index is 13.1. The number of aromatic amines is 1. The summed E-state index contributed by atoms with van der Waals surface area (Å²) in [4.78, 5) is 32.7. The minimum absolute atomic E-state index is 0.242. The molecule has 0 atom stereocenters. The van der Waals surface area contributed by atoms with Gasteiger partial charge in [-0.05, 0) is 11.6 Å². The van der Waals surface area contributed by atoms with Crippen LogP contribution in [-0.4, -0.2) is 67.6 Å². The zero-order valence-electron chi connectivity index (χ0n) is 17.7. The predicted octanol–water partition coefficient (Wildman–Crippen LogP) is 1.86. The lowest BCUT2D eigenvalue weighted by Crippen LogP contribution is -2.49. The fourth-order valence-electron chi connectivity index (χ4n) is 4.02. The lowest BCUT2D eigenvalue weighted by Gasteiger charge is -2.37. The van der Waals surface area contributed by atoms with Crippen molar-refractivity contribution in [3.8, 4) is 11.8 Å². The number of hydrogen-bond acceptors (Lipinski definition) is 5. The number of nitrogens with zero attached hydrogens (tertiary/aromatic N) is 3. The molecule has 1 N–H and O–H groups in total. The van der Waals surface area contributed by atoms with E-state index >= 15 is 0 Å². The number of aromatic nitrogens is 1. The van der Waals surface area contributed by atoms with Gasteiger partial charge in [-0.15, -0.1) is 0 Å². The number of amides is 1. The second-order valence-electron chi connectivity index (χ2n) is 7.44. The number of allylic oxidation sites excluding steroid dienone is 1. The highest BCUT2D eigenvalue weighted by Crippen LogP contribution is 2.28. The molecule has 1 aliphatic heterocycles. The van der Waals surface area contributed by atoms with Gasteiger partial charge in [-0.25, -0.2) is 0 Å². The molecule has 0 saturated carbocycles. The van der Waals surface area contributed by atoms with Crippen LogP contribution >= 0.6 is 0 Å². The van der Waals surface area contributed by atoms with Gasteiger partial charge in [-0.1, -0.05) is 41.9 Å². The molecular weight excluding hydrogens is 403 g/mol. The molecule has 4 rings (SSSR count). The molecular formula is C24H21BN4O3. The quantitative estimate of drug-likeness (QED) is 0.292. The number of benzene rings is 2. The normalized spacial score (nSPS) is 14.3. The van der Waals surface area contributed by atoms with E-state index in [2.05, 4.69) is 16.0 Å². The molecule has 7 nitrogen and oxygen atoms in total. The molecule has 0 aliphatic carbocycles. The molecule has 1 fully saturated rings. The van der Waals surface area contributed by atoms with Crippen LogP contribution in [0.2, 0.25) is 0 Å². The smallest absolute Gasteiger partial charge is 0.295 e. The topological polar surface area (TPSA) is 89.4 Å². The van der Waals surface area contributed by atoms with Crippen LogP contribution in [0.25, 0.3) is 16.6 Å². The van der Waals surface area contributed by atoms with E-state index in [-0.39, 0.29) is 5.56 Å². The molecule has 1 amide bonds. The SMILES string of the molecule is [B]c1ccc(OC)c2c(C(=O)C(=O)N3CCN(/C(=C/C#N)c4ccccc4)CC3)c[nH]c12. The van der Waals surface area contributed by atoms with Crippen LogP contribution in [0.5, 0.6) is 5.75 Å². The lowest BCUT2D eigenvalue weighted by molar-refractivity contribution is -0.127. The fourth-order valence-corrected chi connectivity index (χ4v) is 4.02. The van der Waals surface area contributed by atoms with Crippen molar-refractivity contribution < 1.29 is 14.3 Å². The van der Waals surface area contributed by atoms with Crippen LogP contribution in [-0.2, 0) is 4.79 Å². The number of nitriles is 1. The van der Waals surface area contributed by atoms with Crippen LogP contribution in [0, 0.1) is 11.3 Å². The lowest BCUT2D eigenvalue weighted by atomic mass is 9.92. The van der Waals surface area contributed by atoms with Gasteiger partial charge in [0.05, 0.1) is 29.8 Å². The molecule has 8 heteroatoms. The number of methoxy groups -OCH3 is 1. The molecule has 1 saturated heterocycles. The Hall–Kier alpha value is -3.99. The van der Waals surface area contributed by atoms with Crippen molar-refractivity contribution in [2.24, 2.45) is 0 Å². The van der Waals surface area contributed by atoms with E-state index in [0.717, 1.165) is 11.3 Å². The van der Waals surface area contributed by atoms with E-state index in [0.29, 0.717) is 48.3 Å². The summed E-state index contributed by atoms with van der Waals surface area (Å²) in [5.74, 6) is -0.699. The number of ether oxygens (including phenoxy) is 1. The molecule has 32 heavy (non-hydrogen) atoms. The first-order valence-corrected chi connectivity index (χ1v) is 10.2. The van der Waals surface area contributed by atoms with Crippen molar-refractivity contribution in [3.63, 3.8) is 0 Å². The van der Waals surface area contributed by atoms with Crippen molar-refractivity contribution in [1.82, 2.24) is 14.8 Å². The third-order valence-electron chi connectivity index (χ3n) is 5.67. The molecule has 0 spiro atoms. The number of nitrogens with one attached hydrogen (secondary N) is 1. The second kappa shape index (κ2) is 9.02. The number of carbonyl (C=O) groups excluding carboxylic acids is 2. The molecule has 158 valence electrons. The van der Waals surface area contributed by atoms with E-state index < -0.39 is 11.7 Å². The number of carbonyl (C=O) groups is 2. The summed E-state index contributed by atoms with van der Waals surface area (Å²) in [6.45, 7) is 1.79. The molecule has 2 radical (unpaired) electrons. The van der Waals surface area contributed by atoms with E-state index in [4.69, 9.17) is 12.6 Å². The minimum Gasteiger partial charge on any atom is -0.496 e. The van der Waals surface area contributed by atoms with Crippen LogP contribution in [0.3, 0.4) is 0 Å². The standard InChI is InChI=1S/C24H21BN4O3/c1-32-20-8-7-18(25)22-21(20)17(15-27-22)23(30)24(31)29-13-11-28(12-14-29)19(9-10-26)16-5-3-2-4-6-16/h2-9,15,27H,11-14H2,1H3/b19-9+. The van der Waals surface area contributed by atoms with E-state index in [9.17, 15) is 14.9 Å². The number of rotatable bonds is 5. The largest absolute Gasteiger partial charge is 0.496 e. The third-order valence-corrected chi connectivity index (χ3v) is 5.67. The van der Waals surface area contributed by atoms with Crippen LogP contribution in [0.15, 0.2) is 54.7 Å². The van der Waals surface area contributed by atoms with Gasteiger partial charge in [0.1, 0.15) is 13.6 Å². The minimum atomic E-state index is -0.607. The Labute approximate surface area is 187 Å². The molecule has 2 aromatic carbocycles. The summed E-state index contributed by atoms with van der Waals surface area (Å²) in [7, 11) is 7.51. The van der Waals surface area contributed by atoms with Gasteiger partial charge in [0, 0.05) is 44.0 Å². The molecule has 1 aromatic heterocycles. The van der Waals surface area contributed by atoms with E-state index in [1.165, 1.54) is 19.4 Å². The first-order valence-electron chi connectivity index (χ1n) is 10.2. The zero-order valence-corrected chi connectivity index (χ0v) is 17.7. The van der Waals surface area contributed by atoms with Crippen LogP contribution in [0.1, 0.15) is 15.9 Å². The Kier molecular flexibility index (Phi) is 5.99. The van der Waals surface area contributed by atoms with Crippen molar-refractivity contribution >= 4 is 41.6 Å². The predicted molar refractivity (Wildman–Crippen MR) is 123 cm³/mol. The Morgan fingerprint density at radius 3 is 2.44 bits per heavy atom. The average Bonchev–Trinajstić information content (AvgIpc) is 3.29. The maximum Gasteiger partial charge on any atom is 0.295 e. The Balaban J connectivity index is 1.51. The van der Waals surface area contributed by atoms with Gasteiger partial charge < -0.3 is 19.5 Å². The molecule has 0 unspecified atom stereocenters. The Morgan fingerprint density at radius 1 is 1.09 bits per heavy atom. The van der Waals surface area contributed by atoms with Gasteiger partial charge in [0.2, 0.25) is 0 Å². The average molecular weight is 424 g/mol. The Bertz CT molecular complexity index is 1240. The van der Waals surface area contributed by atoms with Gasteiger partial charge in [-0.3, -0.25) is 9.59 Å². The summed E-state index contributed by atoms with van der Waals surface area (Å²) in [5, 5.41) is 9.72. The number of fused-ring (bicyclic) bond motifs is 1. The Morgan fingerprint density at radius 2 is 1.78 bits per heavy atom. The summed E-state index contributed by atoms with van der Waals surface area (Å²) < 4.78 is 5.37. The van der Waals surface area contributed by atoms with Crippen molar-refractivity contribution in [1.29, 1.82) is 5.26 Å². The molecule has 1 aliphatic rings. The number of ketones is 1. The summed E-state index contributed by atoms with van der Waals surface area (Å²) >= 11 is 0. The van der Waals surface area contributed by atoms with Crippen molar-refractivity contribution in [3.05, 3.63) is 65.9 Å².